The standard InChI is InChI=1S/C14H18BrF2N/c1-2-8-18-14(9-4-3-5-9)12-11(16)7-6-10(15)13(12)17/h6-7,9,14,18H,2-5,8H2,1H3. The minimum Gasteiger partial charge on any atom is -0.310 e. The summed E-state index contributed by atoms with van der Waals surface area (Å²) in [4.78, 5) is 0. The first-order valence-electron chi connectivity index (χ1n) is 6.52. The molecule has 2 rings (SSSR count). The van der Waals surface area contributed by atoms with Gasteiger partial charge in [0.25, 0.3) is 0 Å². The topological polar surface area (TPSA) is 12.0 Å². The number of rotatable bonds is 5. The minimum atomic E-state index is -0.462. The van der Waals surface area contributed by atoms with E-state index in [4.69, 9.17) is 0 Å². The van der Waals surface area contributed by atoms with E-state index in [1.807, 2.05) is 0 Å². The maximum absolute atomic E-state index is 14.1. The first kappa shape index (κ1) is 13.9. The highest BCUT2D eigenvalue weighted by Crippen LogP contribution is 2.40. The molecule has 1 aromatic rings. The number of hydrogen-bond donors (Lipinski definition) is 1. The van der Waals surface area contributed by atoms with Gasteiger partial charge < -0.3 is 5.32 Å². The second-order valence-corrected chi connectivity index (χ2v) is 5.73. The Labute approximate surface area is 115 Å². The molecule has 0 amide bonds. The Kier molecular flexibility index (Phi) is 4.73. The Bertz CT molecular complexity index is 419. The third-order valence-corrected chi connectivity index (χ3v) is 4.24. The molecular formula is C14H18BrF2N. The summed E-state index contributed by atoms with van der Waals surface area (Å²) in [5.74, 6) is -0.554. The first-order valence-corrected chi connectivity index (χ1v) is 7.31. The molecule has 1 fully saturated rings. The molecule has 0 spiro atoms. The van der Waals surface area contributed by atoms with Crippen LogP contribution in [0.25, 0.3) is 0 Å². The van der Waals surface area contributed by atoms with Crippen LogP contribution in [0.4, 0.5) is 8.78 Å². The van der Waals surface area contributed by atoms with Crippen molar-refractivity contribution in [3.05, 3.63) is 33.8 Å². The van der Waals surface area contributed by atoms with Crippen LogP contribution in [0.2, 0.25) is 0 Å². The fraction of sp³-hybridized carbons (Fsp3) is 0.571. The number of benzene rings is 1. The van der Waals surface area contributed by atoms with Crippen LogP contribution in [-0.2, 0) is 0 Å². The van der Waals surface area contributed by atoms with Gasteiger partial charge in [0.05, 0.1) is 4.47 Å². The average Bonchev–Trinajstić information content (AvgIpc) is 2.28. The average molecular weight is 318 g/mol. The van der Waals surface area contributed by atoms with E-state index in [0.717, 1.165) is 32.2 Å². The molecule has 0 bridgehead atoms. The molecule has 4 heteroatoms. The van der Waals surface area contributed by atoms with Crippen molar-refractivity contribution in [1.29, 1.82) is 0 Å². The molecule has 0 heterocycles. The molecule has 1 unspecified atom stereocenters. The number of nitrogens with one attached hydrogen (secondary N) is 1. The second-order valence-electron chi connectivity index (χ2n) is 4.88. The van der Waals surface area contributed by atoms with Gasteiger partial charge in [-0.1, -0.05) is 13.3 Å². The number of halogens is 3. The summed E-state index contributed by atoms with van der Waals surface area (Å²) in [6.45, 7) is 2.84. The zero-order valence-electron chi connectivity index (χ0n) is 10.5. The van der Waals surface area contributed by atoms with Gasteiger partial charge in [-0.25, -0.2) is 8.78 Å². The molecule has 18 heavy (non-hydrogen) atoms. The molecule has 1 aliphatic rings. The second kappa shape index (κ2) is 6.11. The quantitative estimate of drug-likeness (QED) is 0.784. The summed E-state index contributed by atoms with van der Waals surface area (Å²) in [5.41, 5.74) is 0.197. The minimum absolute atomic E-state index is 0.197. The van der Waals surface area contributed by atoms with Crippen LogP contribution in [-0.4, -0.2) is 6.54 Å². The third kappa shape index (κ3) is 2.75. The maximum Gasteiger partial charge on any atom is 0.145 e. The molecule has 0 radical (unpaired) electrons. The Morgan fingerprint density at radius 2 is 2.11 bits per heavy atom. The molecule has 1 nitrogen and oxygen atoms in total. The Balaban J connectivity index is 2.31. The predicted molar refractivity (Wildman–Crippen MR) is 72.4 cm³/mol. The fourth-order valence-electron chi connectivity index (χ4n) is 2.41. The third-order valence-electron chi connectivity index (χ3n) is 3.63. The van der Waals surface area contributed by atoms with Crippen LogP contribution in [0, 0.1) is 17.6 Å². The van der Waals surface area contributed by atoms with Crippen molar-refractivity contribution in [3.8, 4) is 0 Å². The van der Waals surface area contributed by atoms with Crippen molar-refractivity contribution < 1.29 is 8.78 Å². The van der Waals surface area contributed by atoms with Crippen LogP contribution < -0.4 is 5.32 Å². The summed E-state index contributed by atoms with van der Waals surface area (Å²) in [5, 5.41) is 3.30. The van der Waals surface area contributed by atoms with Gasteiger partial charge in [0.1, 0.15) is 11.6 Å². The Morgan fingerprint density at radius 3 is 2.67 bits per heavy atom. The van der Waals surface area contributed by atoms with Gasteiger partial charge in [-0.3, -0.25) is 0 Å². The molecule has 1 saturated carbocycles. The largest absolute Gasteiger partial charge is 0.310 e. The van der Waals surface area contributed by atoms with Crippen molar-refractivity contribution in [2.45, 2.75) is 38.6 Å². The molecule has 1 aliphatic carbocycles. The normalized spacial score (nSPS) is 17.6. The molecule has 0 aromatic heterocycles. The Morgan fingerprint density at radius 1 is 1.39 bits per heavy atom. The van der Waals surface area contributed by atoms with Gasteiger partial charge in [0, 0.05) is 11.6 Å². The van der Waals surface area contributed by atoms with Crippen LogP contribution in [0.15, 0.2) is 16.6 Å². The van der Waals surface area contributed by atoms with Crippen LogP contribution in [0.1, 0.15) is 44.2 Å². The van der Waals surface area contributed by atoms with E-state index in [2.05, 4.69) is 28.2 Å². The van der Waals surface area contributed by atoms with Crippen LogP contribution in [0.3, 0.4) is 0 Å². The summed E-state index contributed by atoms with van der Waals surface area (Å²) in [7, 11) is 0. The van der Waals surface area contributed by atoms with E-state index < -0.39 is 11.6 Å². The predicted octanol–water partition coefficient (Wildman–Crippen LogP) is 4.57. The highest BCUT2D eigenvalue weighted by Gasteiger charge is 2.32. The van der Waals surface area contributed by atoms with E-state index >= 15 is 0 Å². The first-order chi connectivity index (χ1) is 8.65. The van der Waals surface area contributed by atoms with Crippen molar-refractivity contribution in [1.82, 2.24) is 5.32 Å². The maximum atomic E-state index is 14.1. The lowest BCUT2D eigenvalue weighted by atomic mass is 9.77. The zero-order valence-corrected chi connectivity index (χ0v) is 12.1. The van der Waals surface area contributed by atoms with Crippen molar-refractivity contribution >= 4 is 15.9 Å². The monoisotopic (exact) mass is 317 g/mol. The molecule has 1 atom stereocenters. The molecule has 1 aromatic carbocycles. The van der Waals surface area contributed by atoms with Gasteiger partial charge >= 0.3 is 0 Å². The summed E-state index contributed by atoms with van der Waals surface area (Å²) in [6, 6.07) is 2.56. The van der Waals surface area contributed by atoms with Crippen molar-refractivity contribution in [2.75, 3.05) is 6.54 Å². The van der Waals surface area contributed by atoms with Crippen molar-refractivity contribution in [2.24, 2.45) is 5.92 Å². The number of hydrogen-bond acceptors (Lipinski definition) is 1. The van der Waals surface area contributed by atoms with E-state index in [9.17, 15) is 8.78 Å². The van der Waals surface area contributed by atoms with Gasteiger partial charge in [-0.2, -0.15) is 0 Å². The fourth-order valence-corrected chi connectivity index (χ4v) is 2.75. The van der Waals surface area contributed by atoms with E-state index in [-0.39, 0.29) is 11.6 Å². The van der Waals surface area contributed by atoms with E-state index in [0.29, 0.717) is 10.4 Å². The van der Waals surface area contributed by atoms with Crippen LogP contribution in [0.5, 0.6) is 0 Å². The molecular weight excluding hydrogens is 300 g/mol. The molecule has 100 valence electrons. The Hall–Kier alpha value is -0.480. The highest BCUT2D eigenvalue weighted by atomic mass is 79.9. The molecule has 0 aliphatic heterocycles. The highest BCUT2D eigenvalue weighted by molar-refractivity contribution is 9.10. The zero-order chi connectivity index (χ0) is 13.1. The molecule has 0 saturated heterocycles. The summed E-state index contributed by atoms with van der Waals surface area (Å²) in [6.07, 6.45) is 4.21. The lowest BCUT2D eigenvalue weighted by Gasteiger charge is -2.35. The summed E-state index contributed by atoms with van der Waals surface area (Å²) < 4.78 is 28.4. The van der Waals surface area contributed by atoms with E-state index in [1.165, 1.54) is 12.1 Å². The summed E-state index contributed by atoms with van der Waals surface area (Å²) >= 11 is 3.14. The van der Waals surface area contributed by atoms with Gasteiger partial charge in [-0.05, 0) is 59.8 Å². The van der Waals surface area contributed by atoms with Crippen LogP contribution >= 0.6 is 15.9 Å². The molecule has 1 N–H and O–H groups in total. The van der Waals surface area contributed by atoms with E-state index in [1.54, 1.807) is 0 Å². The van der Waals surface area contributed by atoms with Gasteiger partial charge in [0.2, 0.25) is 0 Å². The smallest absolute Gasteiger partial charge is 0.145 e. The van der Waals surface area contributed by atoms with Gasteiger partial charge in [0.15, 0.2) is 0 Å². The van der Waals surface area contributed by atoms with Crippen molar-refractivity contribution in [3.63, 3.8) is 0 Å². The van der Waals surface area contributed by atoms with Gasteiger partial charge in [-0.15, -0.1) is 0 Å². The SMILES string of the molecule is CCCNC(c1c(F)ccc(Br)c1F)C1CCC1. The lowest BCUT2D eigenvalue weighted by molar-refractivity contribution is 0.222. The lowest BCUT2D eigenvalue weighted by Crippen LogP contribution is -2.34.